The van der Waals surface area contributed by atoms with Gasteiger partial charge in [0.2, 0.25) is 0 Å². The van der Waals surface area contributed by atoms with E-state index in [1.165, 1.54) is 0 Å². The van der Waals surface area contributed by atoms with E-state index in [-0.39, 0.29) is 11.0 Å². The van der Waals surface area contributed by atoms with Crippen LogP contribution in [0.2, 0.25) is 39.3 Å². The highest BCUT2D eigenvalue weighted by atomic mass is 32.1. The predicted molar refractivity (Wildman–Crippen MR) is 96.6 cm³/mol. The molecular formula is C15H27NOSSi2. The van der Waals surface area contributed by atoms with Crippen LogP contribution in [-0.2, 0) is 4.79 Å². The largest absolute Gasteiger partial charge is 0.345 e. The van der Waals surface area contributed by atoms with Crippen LogP contribution in [0.25, 0.3) is 0 Å². The maximum absolute atomic E-state index is 12.0. The predicted octanol–water partition coefficient (Wildman–Crippen LogP) is 4.20. The van der Waals surface area contributed by atoms with Crippen LogP contribution in [0.3, 0.4) is 0 Å². The minimum atomic E-state index is -1.45. The molecule has 0 saturated heterocycles. The van der Waals surface area contributed by atoms with Gasteiger partial charge in [-0.05, 0) is 12.1 Å². The number of nitrogens with zero attached hydrogens (tertiary/aromatic N) is 1. The molecule has 0 aliphatic heterocycles. The quantitative estimate of drug-likeness (QED) is 0.625. The molecule has 1 aromatic rings. The van der Waals surface area contributed by atoms with E-state index >= 15 is 0 Å². The number of carbonyl (C=O) groups excluding carboxylic acids is 1. The molecule has 0 bridgehead atoms. The van der Waals surface area contributed by atoms with Crippen molar-refractivity contribution >= 4 is 34.2 Å². The summed E-state index contributed by atoms with van der Waals surface area (Å²) in [5, 5.41) is -0.0299. The Balaban J connectivity index is 3.09. The van der Waals surface area contributed by atoms with Gasteiger partial charge in [0.25, 0.3) is 0 Å². The van der Waals surface area contributed by atoms with Gasteiger partial charge in [-0.2, -0.15) is 0 Å². The van der Waals surface area contributed by atoms with Crippen molar-refractivity contribution in [2.75, 3.05) is 6.54 Å². The molecule has 0 aliphatic carbocycles. The van der Waals surface area contributed by atoms with Crippen molar-refractivity contribution in [3.8, 4) is 0 Å². The van der Waals surface area contributed by atoms with Crippen molar-refractivity contribution < 1.29 is 4.79 Å². The Morgan fingerprint density at radius 2 is 1.50 bits per heavy atom. The van der Waals surface area contributed by atoms with Crippen molar-refractivity contribution in [1.82, 2.24) is 4.23 Å². The zero-order valence-electron chi connectivity index (χ0n) is 13.5. The standard InChI is InChI=1S/C15H27NOSSi2/c1-19(2,3)16(20(4,5)6)12-14(15(17)18)13-10-8-7-9-11-13/h7-11,14H,12H2,1-6H3,(H,17,18). The van der Waals surface area contributed by atoms with Gasteiger partial charge >= 0.3 is 0 Å². The lowest BCUT2D eigenvalue weighted by Crippen LogP contribution is -2.60. The summed E-state index contributed by atoms with van der Waals surface area (Å²) >= 11 is 4.14. The van der Waals surface area contributed by atoms with Crippen molar-refractivity contribution in [3.63, 3.8) is 0 Å². The van der Waals surface area contributed by atoms with Gasteiger partial charge in [-0.15, -0.1) is 12.6 Å². The van der Waals surface area contributed by atoms with Crippen LogP contribution in [0.1, 0.15) is 11.5 Å². The highest BCUT2D eigenvalue weighted by molar-refractivity contribution is 7.96. The first kappa shape index (κ1) is 17.7. The van der Waals surface area contributed by atoms with Crippen molar-refractivity contribution in [2.24, 2.45) is 0 Å². The average Bonchev–Trinajstić information content (AvgIpc) is 2.26. The highest BCUT2D eigenvalue weighted by Crippen LogP contribution is 2.27. The number of benzene rings is 1. The van der Waals surface area contributed by atoms with E-state index < -0.39 is 16.5 Å². The van der Waals surface area contributed by atoms with Gasteiger partial charge in [0.15, 0.2) is 5.12 Å². The molecule has 0 spiro atoms. The molecule has 1 rings (SSSR count). The molecule has 0 radical (unpaired) electrons. The van der Waals surface area contributed by atoms with Gasteiger partial charge < -0.3 is 4.23 Å². The summed E-state index contributed by atoms with van der Waals surface area (Å²) in [5.74, 6) is -0.127. The Kier molecular flexibility index (Phi) is 5.83. The molecule has 0 fully saturated rings. The van der Waals surface area contributed by atoms with Gasteiger partial charge in [0.05, 0.1) is 5.92 Å². The first-order valence-electron chi connectivity index (χ1n) is 7.09. The fourth-order valence-electron chi connectivity index (χ4n) is 2.75. The number of hydrogen-bond acceptors (Lipinski definition) is 2. The second-order valence-electron chi connectivity index (χ2n) is 7.25. The van der Waals surface area contributed by atoms with Gasteiger partial charge in [0.1, 0.15) is 16.5 Å². The fraction of sp³-hybridized carbons (Fsp3) is 0.533. The Hall–Kier alpha value is -0.366. The molecule has 0 saturated carbocycles. The molecule has 1 atom stereocenters. The lowest BCUT2D eigenvalue weighted by atomic mass is 10.0. The summed E-state index contributed by atoms with van der Waals surface area (Å²) in [4.78, 5) is 12.0. The van der Waals surface area contributed by atoms with Crippen molar-refractivity contribution in [1.29, 1.82) is 0 Å². The zero-order chi connectivity index (χ0) is 15.6. The lowest BCUT2D eigenvalue weighted by Gasteiger charge is -2.45. The van der Waals surface area contributed by atoms with Crippen LogP contribution in [0.15, 0.2) is 30.3 Å². The SMILES string of the molecule is C[Si](C)(C)N(CC(C(=O)S)c1ccccc1)[Si](C)(C)C. The van der Waals surface area contributed by atoms with E-state index in [1.54, 1.807) is 0 Å². The molecule has 0 aromatic heterocycles. The third-order valence-electron chi connectivity index (χ3n) is 3.48. The van der Waals surface area contributed by atoms with Crippen LogP contribution in [0.5, 0.6) is 0 Å². The van der Waals surface area contributed by atoms with Gasteiger partial charge in [-0.25, -0.2) is 0 Å². The van der Waals surface area contributed by atoms with E-state index in [4.69, 9.17) is 0 Å². The average molecular weight is 326 g/mol. The summed E-state index contributed by atoms with van der Waals surface area (Å²) in [6, 6.07) is 10.0. The van der Waals surface area contributed by atoms with Gasteiger partial charge in [0, 0.05) is 0 Å². The van der Waals surface area contributed by atoms with E-state index in [0.717, 1.165) is 12.1 Å². The normalized spacial score (nSPS) is 14.4. The number of thiol groups is 1. The topological polar surface area (TPSA) is 20.3 Å². The second kappa shape index (κ2) is 6.60. The van der Waals surface area contributed by atoms with Crippen LogP contribution < -0.4 is 0 Å². The molecule has 2 nitrogen and oxygen atoms in total. The Labute approximate surface area is 131 Å². The van der Waals surface area contributed by atoms with Crippen LogP contribution in [-0.4, -0.2) is 32.4 Å². The van der Waals surface area contributed by atoms with E-state index in [0.29, 0.717) is 0 Å². The van der Waals surface area contributed by atoms with E-state index in [9.17, 15) is 4.79 Å². The molecule has 1 unspecified atom stereocenters. The Morgan fingerprint density at radius 1 is 1.05 bits per heavy atom. The van der Waals surface area contributed by atoms with Crippen LogP contribution in [0, 0.1) is 0 Å². The number of rotatable bonds is 6. The number of carbonyl (C=O) groups is 1. The van der Waals surface area contributed by atoms with Gasteiger partial charge in [-0.3, -0.25) is 4.79 Å². The molecule has 5 heteroatoms. The molecular weight excluding hydrogens is 298 g/mol. The lowest BCUT2D eigenvalue weighted by molar-refractivity contribution is -0.112. The molecule has 1 aromatic carbocycles. The maximum Gasteiger partial charge on any atom is 0.194 e. The third kappa shape index (κ3) is 4.88. The molecule has 112 valence electrons. The zero-order valence-corrected chi connectivity index (χ0v) is 16.4. The minimum absolute atomic E-state index is 0.0299. The third-order valence-corrected chi connectivity index (χ3v) is 11.4. The molecule has 0 aliphatic rings. The van der Waals surface area contributed by atoms with E-state index in [2.05, 4.69) is 56.1 Å². The highest BCUT2D eigenvalue weighted by Gasteiger charge is 2.37. The summed E-state index contributed by atoms with van der Waals surface area (Å²) < 4.78 is 2.64. The van der Waals surface area contributed by atoms with Crippen LogP contribution in [0.4, 0.5) is 0 Å². The monoisotopic (exact) mass is 325 g/mol. The molecule has 0 N–H and O–H groups in total. The summed E-state index contributed by atoms with van der Waals surface area (Å²) in [6.45, 7) is 14.9. The summed E-state index contributed by atoms with van der Waals surface area (Å²) in [6.07, 6.45) is 0. The molecule has 0 heterocycles. The van der Waals surface area contributed by atoms with Gasteiger partial charge in [-0.1, -0.05) is 69.6 Å². The Bertz CT molecular complexity index is 437. The second-order valence-corrected chi connectivity index (χ2v) is 17.9. The molecule has 20 heavy (non-hydrogen) atoms. The Morgan fingerprint density at radius 3 is 1.85 bits per heavy atom. The van der Waals surface area contributed by atoms with E-state index in [1.807, 2.05) is 30.3 Å². The minimum Gasteiger partial charge on any atom is -0.345 e. The smallest absolute Gasteiger partial charge is 0.194 e. The number of hydrogen-bond donors (Lipinski definition) is 1. The first-order valence-corrected chi connectivity index (χ1v) is 14.4. The molecule has 0 amide bonds. The first-order chi connectivity index (χ1) is 9.03. The van der Waals surface area contributed by atoms with Crippen molar-refractivity contribution in [3.05, 3.63) is 35.9 Å². The van der Waals surface area contributed by atoms with Crippen LogP contribution >= 0.6 is 12.6 Å². The summed E-state index contributed by atoms with van der Waals surface area (Å²) in [5.41, 5.74) is 1.08. The maximum atomic E-state index is 12.0. The summed E-state index contributed by atoms with van der Waals surface area (Å²) in [7, 11) is -2.91. The fourth-order valence-corrected chi connectivity index (χ4v) is 12.5. The van der Waals surface area contributed by atoms with Crippen molar-refractivity contribution in [2.45, 2.75) is 45.2 Å².